The molecule has 0 saturated carbocycles. The normalized spacial score (nSPS) is 15.9. The van der Waals surface area contributed by atoms with Gasteiger partial charge in [0, 0.05) is 23.1 Å². The smallest absolute Gasteiger partial charge is 0.471 e. The first-order chi connectivity index (χ1) is 17.0. The summed E-state index contributed by atoms with van der Waals surface area (Å²) in [6, 6.07) is 9.69. The Morgan fingerprint density at radius 3 is 2.47 bits per heavy atom. The number of carbonyl (C=O) groups is 1. The molecule has 2 heterocycles. The second-order valence-corrected chi connectivity index (χ2v) is 8.78. The Balaban J connectivity index is 1.48. The van der Waals surface area contributed by atoms with E-state index >= 15 is 0 Å². The first kappa shape index (κ1) is 25.1. The van der Waals surface area contributed by atoms with E-state index in [0.717, 1.165) is 0 Å². The maximum Gasteiger partial charge on any atom is 0.471 e. The summed E-state index contributed by atoms with van der Waals surface area (Å²) in [6.45, 7) is 4.30. The number of alkyl halides is 3. The molecule has 0 aliphatic carbocycles. The molecule has 190 valence electrons. The predicted octanol–water partition coefficient (Wildman–Crippen LogP) is 4.50. The van der Waals surface area contributed by atoms with Crippen LogP contribution in [0.5, 0.6) is 5.75 Å². The summed E-state index contributed by atoms with van der Waals surface area (Å²) in [5.74, 6) is -2.06. The number of nitrogens with one attached hydrogen (secondary N) is 1. The number of hydrogen-bond acceptors (Lipinski definition) is 7. The molecule has 0 bridgehead atoms. The minimum atomic E-state index is -4.79. The lowest BCUT2D eigenvalue weighted by molar-refractivity contribution is -0.159. The van der Waals surface area contributed by atoms with E-state index in [4.69, 9.17) is 9.47 Å². The molecule has 1 aliphatic rings. The van der Waals surface area contributed by atoms with Crippen LogP contribution in [0.4, 0.5) is 17.6 Å². The lowest BCUT2D eigenvalue weighted by Crippen LogP contribution is -2.41. The first-order valence-corrected chi connectivity index (χ1v) is 10.8. The number of aliphatic imine (C=N–C) groups is 1. The topological polar surface area (TPSA) is 98.8 Å². The number of amides is 1. The molecule has 0 saturated heterocycles. The summed E-state index contributed by atoms with van der Waals surface area (Å²) < 4.78 is 66.8. The highest BCUT2D eigenvalue weighted by Crippen LogP contribution is 2.32. The van der Waals surface area contributed by atoms with Crippen molar-refractivity contribution in [2.45, 2.75) is 26.1 Å². The fourth-order valence-corrected chi connectivity index (χ4v) is 3.53. The molecule has 1 N–H and O–H groups in total. The highest BCUT2D eigenvalue weighted by Gasteiger charge is 2.39. The standard InChI is InChI=1S/C24H22F4N4O4/c1-23(2,18-11-35-21(30-18)13-4-7-15(25)8-5-13)12-29-20(33)16-10-14(6-9-17(16)34-3)19-31-22(36-32-19)24(26,27)28/h4-10,18H,11-12H2,1-3H3,(H,29,33). The monoisotopic (exact) mass is 506 g/mol. The number of benzene rings is 2. The van der Waals surface area contributed by atoms with E-state index in [-0.39, 0.29) is 47.7 Å². The van der Waals surface area contributed by atoms with Crippen LogP contribution in [0.2, 0.25) is 0 Å². The summed E-state index contributed by atoms with van der Waals surface area (Å²) in [4.78, 5) is 21.0. The summed E-state index contributed by atoms with van der Waals surface area (Å²) in [5, 5.41) is 6.18. The van der Waals surface area contributed by atoms with Gasteiger partial charge in [0.1, 0.15) is 18.2 Å². The molecule has 8 nitrogen and oxygen atoms in total. The van der Waals surface area contributed by atoms with Gasteiger partial charge in [-0.25, -0.2) is 9.38 Å². The van der Waals surface area contributed by atoms with Crippen LogP contribution >= 0.6 is 0 Å². The SMILES string of the molecule is COc1ccc(-c2noc(C(F)(F)F)n2)cc1C(=O)NCC(C)(C)C1COC(c2ccc(F)cc2)=N1. The Labute approximate surface area is 203 Å². The van der Waals surface area contributed by atoms with Gasteiger partial charge in [-0.15, -0.1) is 0 Å². The van der Waals surface area contributed by atoms with Crippen molar-refractivity contribution in [1.29, 1.82) is 0 Å². The van der Waals surface area contributed by atoms with E-state index < -0.39 is 23.4 Å². The maximum atomic E-state index is 13.2. The van der Waals surface area contributed by atoms with Gasteiger partial charge in [0.25, 0.3) is 5.91 Å². The molecular formula is C24H22F4N4O4. The second-order valence-electron chi connectivity index (χ2n) is 8.78. The third kappa shape index (κ3) is 5.31. The maximum absolute atomic E-state index is 13.2. The van der Waals surface area contributed by atoms with Crippen molar-refractivity contribution in [3.8, 4) is 17.1 Å². The van der Waals surface area contributed by atoms with E-state index in [1.807, 2.05) is 13.8 Å². The Kier molecular flexibility index (Phi) is 6.70. The molecule has 1 unspecified atom stereocenters. The summed E-state index contributed by atoms with van der Waals surface area (Å²) in [5.41, 5.74) is 0.354. The molecule has 1 aromatic heterocycles. The number of methoxy groups -OCH3 is 1. The largest absolute Gasteiger partial charge is 0.496 e. The van der Waals surface area contributed by atoms with Crippen LogP contribution in [0, 0.1) is 11.2 Å². The van der Waals surface area contributed by atoms with Crippen LogP contribution in [-0.4, -0.2) is 48.2 Å². The van der Waals surface area contributed by atoms with Crippen molar-refractivity contribution < 1.29 is 36.4 Å². The number of ether oxygens (including phenoxy) is 2. The average molecular weight is 506 g/mol. The van der Waals surface area contributed by atoms with Gasteiger partial charge < -0.3 is 19.3 Å². The van der Waals surface area contributed by atoms with Gasteiger partial charge in [0.15, 0.2) is 0 Å². The molecule has 12 heteroatoms. The molecule has 1 atom stereocenters. The fraction of sp³-hybridized carbons (Fsp3) is 0.333. The number of nitrogens with zero attached hydrogens (tertiary/aromatic N) is 3. The van der Waals surface area contributed by atoms with Crippen LogP contribution in [0.15, 0.2) is 52.0 Å². The van der Waals surface area contributed by atoms with E-state index in [1.54, 1.807) is 12.1 Å². The Hall–Kier alpha value is -3.96. The van der Waals surface area contributed by atoms with Crippen LogP contribution in [-0.2, 0) is 10.9 Å². The van der Waals surface area contributed by atoms with Gasteiger partial charge in [0.05, 0.1) is 18.7 Å². The van der Waals surface area contributed by atoms with Crippen molar-refractivity contribution in [2.24, 2.45) is 10.4 Å². The lowest BCUT2D eigenvalue weighted by Gasteiger charge is -2.28. The van der Waals surface area contributed by atoms with Crippen molar-refractivity contribution in [3.05, 3.63) is 65.3 Å². The number of carbonyl (C=O) groups excluding carboxylic acids is 1. The number of hydrogen-bond donors (Lipinski definition) is 1. The summed E-state index contributed by atoms with van der Waals surface area (Å²) in [6.07, 6.45) is -4.79. The molecule has 1 amide bonds. The van der Waals surface area contributed by atoms with Crippen molar-refractivity contribution in [1.82, 2.24) is 15.5 Å². The lowest BCUT2D eigenvalue weighted by atomic mass is 9.85. The first-order valence-electron chi connectivity index (χ1n) is 10.8. The second kappa shape index (κ2) is 9.59. The number of aromatic nitrogens is 2. The zero-order chi connectivity index (χ0) is 26.1. The van der Waals surface area contributed by atoms with Crippen molar-refractivity contribution in [2.75, 3.05) is 20.3 Å². The van der Waals surface area contributed by atoms with E-state index in [1.165, 1.54) is 37.4 Å². The van der Waals surface area contributed by atoms with Gasteiger partial charge in [0.2, 0.25) is 11.7 Å². The Morgan fingerprint density at radius 1 is 1.14 bits per heavy atom. The molecule has 0 radical (unpaired) electrons. The van der Waals surface area contributed by atoms with Crippen molar-refractivity contribution >= 4 is 11.8 Å². The van der Waals surface area contributed by atoms with Gasteiger partial charge in [-0.3, -0.25) is 4.79 Å². The Morgan fingerprint density at radius 2 is 1.83 bits per heavy atom. The van der Waals surface area contributed by atoms with Crippen LogP contribution in [0.3, 0.4) is 0 Å². The van der Waals surface area contributed by atoms with E-state index in [0.29, 0.717) is 11.5 Å². The van der Waals surface area contributed by atoms with Gasteiger partial charge in [-0.05, 0) is 42.5 Å². The van der Waals surface area contributed by atoms with Crippen LogP contribution < -0.4 is 10.1 Å². The highest BCUT2D eigenvalue weighted by atomic mass is 19.4. The average Bonchev–Trinajstić information content (AvgIpc) is 3.53. The number of halogens is 4. The minimum absolute atomic E-state index is 0.0855. The van der Waals surface area contributed by atoms with Crippen molar-refractivity contribution in [3.63, 3.8) is 0 Å². The molecular weight excluding hydrogens is 484 g/mol. The van der Waals surface area contributed by atoms with E-state index in [9.17, 15) is 22.4 Å². The van der Waals surface area contributed by atoms with E-state index in [2.05, 4.69) is 25.0 Å². The molecule has 0 spiro atoms. The van der Waals surface area contributed by atoms with Crippen LogP contribution in [0.25, 0.3) is 11.4 Å². The molecule has 4 rings (SSSR count). The third-order valence-corrected chi connectivity index (χ3v) is 5.72. The zero-order valence-corrected chi connectivity index (χ0v) is 19.5. The molecule has 36 heavy (non-hydrogen) atoms. The predicted molar refractivity (Wildman–Crippen MR) is 120 cm³/mol. The number of rotatable bonds is 7. The quantitative estimate of drug-likeness (QED) is 0.474. The summed E-state index contributed by atoms with van der Waals surface area (Å²) in [7, 11) is 1.37. The molecule has 0 fully saturated rings. The Bertz CT molecular complexity index is 1290. The fourth-order valence-electron chi connectivity index (χ4n) is 3.53. The molecule has 1 aliphatic heterocycles. The highest BCUT2D eigenvalue weighted by molar-refractivity contribution is 5.98. The molecule has 3 aromatic rings. The van der Waals surface area contributed by atoms with Crippen LogP contribution in [0.1, 0.15) is 35.7 Å². The third-order valence-electron chi connectivity index (χ3n) is 5.72. The zero-order valence-electron chi connectivity index (χ0n) is 19.5. The molecule has 2 aromatic carbocycles. The van der Waals surface area contributed by atoms with Gasteiger partial charge in [-0.2, -0.15) is 18.2 Å². The summed E-state index contributed by atoms with van der Waals surface area (Å²) >= 11 is 0. The van der Waals surface area contributed by atoms with Gasteiger partial charge >= 0.3 is 12.1 Å². The van der Waals surface area contributed by atoms with Gasteiger partial charge in [-0.1, -0.05) is 19.0 Å². The minimum Gasteiger partial charge on any atom is -0.496 e.